The summed E-state index contributed by atoms with van der Waals surface area (Å²) in [7, 11) is 1.40. The number of nitro benzene ring substituents is 1. The van der Waals surface area contributed by atoms with Crippen LogP contribution in [0.25, 0.3) is 5.57 Å². The van der Waals surface area contributed by atoms with E-state index in [9.17, 15) is 20.0 Å². The standard InChI is InChI=1S/C12H11NO5/c1-18-7-2-3-8(9(6-7)13(16)17)12-10(14)4-5-11(12)15/h2-3,6,14H,4-5H2,1H3. The van der Waals surface area contributed by atoms with E-state index in [4.69, 9.17) is 4.74 Å². The van der Waals surface area contributed by atoms with Crippen molar-refractivity contribution in [2.75, 3.05) is 7.11 Å². The number of aliphatic hydroxyl groups is 1. The first kappa shape index (κ1) is 12.1. The lowest BCUT2D eigenvalue weighted by Gasteiger charge is -2.06. The van der Waals surface area contributed by atoms with Gasteiger partial charge in [-0.05, 0) is 12.1 Å². The second-order valence-corrected chi connectivity index (χ2v) is 3.89. The number of ether oxygens (including phenoxy) is 1. The highest BCUT2D eigenvalue weighted by Gasteiger charge is 2.29. The molecular formula is C12H11NO5. The molecule has 0 heterocycles. The summed E-state index contributed by atoms with van der Waals surface area (Å²) in [6.07, 6.45) is 0.418. The number of nitro groups is 1. The number of rotatable bonds is 3. The van der Waals surface area contributed by atoms with Gasteiger partial charge in [-0.2, -0.15) is 0 Å². The van der Waals surface area contributed by atoms with E-state index < -0.39 is 4.92 Å². The first-order valence-corrected chi connectivity index (χ1v) is 5.32. The average molecular weight is 249 g/mol. The normalized spacial score (nSPS) is 15.1. The van der Waals surface area contributed by atoms with Gasteiger partial charge in [0.15, 0.2) is 5.78 Å². The van der Waals surface area contributed by atoms with Gasteiger partial charge in [0.25, 0.3) is 5.69 Å². The fourth-order valence-corrected chi connectivity index (χ4v) is 1.95. The number of Topliss-reactive ketones (excluding diaryl/α,β-unsaturated/α-hetero) is 1. The molecule has 0 saturated heterocycles. The van der Waals surface area contributed by atoms with Crippen LogP contribution in [0.5, 0.6) is 5.75 Å². The Morgan fingerprint density at radius 3 is 2.61 bits per heavy atom. The summed E-state index contributed by atoms with van der Waals surface area (Å²) in [5.41, 5.74) is -0.0590. The molecule has 1 aromatic carbocycles. The van der Waals surface area contributed by atoms with E-state index in [1.165, 1.54) is 25.3 Å². The number of aliphatic hydroxyl groups excluding tert-OH is 1. The summed E-state index contributed by atoms with van der Waals surface area (Å²) < 4.78 is 4.91. The van der Waals surface area contributed by atoms with Crippen LogP contribution in [0.3, 0.4) is 0 Å². The molecule has 0 aliphatic heterocycles. The highest BCUT2D eigenvalue weighted by Crippen LogP contribution is 2.36. The maximum atomic E-state index is 11.6. The third-order valence-electron chi connectivity index (χ3n) is 2.83. The highest BCUT2D eigenvalue weighted by molar-refractivity contribution is 6.24. The SMILES string of the molecule is COc1ccc(C2=C(O)CCC2=O)c([N+](=O)[O-])c1. The van der Waals surface area contributed by atoms with Gasteiger partial charge in [-0.3, -0.25) is 14.9 Å². The van der Waals surface area contributed by atoms with Crippen molar-refractivity contribution >= 4 is 17.0 Å². The highest BCUT2D eigenvalue weighted by atomic mass is 16.6. The van der Waals surface area contributed by atoms with Crippen LogP contribution >= 0.6 is 0 Å². The Hall–Kier alpha value is -2.37. The predicted molar refractivity (Wildman–Crippen MR) is 63.4 cm³/mol. The fourth-order valence-electron chi connectivity index (χ4n) is 1.95. The molecule has 94 valence electrons. The lowest BCUT2D eigenvalue weighted by atomic mass is 10.0. The van der Waals surface area contributed by atoms with Crippen LogP contribution in [0.2, 0.25) is 0 Å². The Balaban J connectivity index is 2.61. The van der Waals surface area contributed by atoms with Gasteiger partial charge in [0, 0.05) is 12.8 Å². The van der Waals surface area contributed by atoms with Crippen molar-refractivity contribution in [2.45, 2.75) is 12.8 Å². The molecule has 1 N–H and O–H groups in total. The van der Waals surface area contributed by atoms with E-state index in [0.717, 1.165) is 0 Å². The van der Waals surface area contributed by atoms with E-state index in [0.29, 0.717) is 5.75 Å². The number of benzene rings is 1. The van der Waals surface area contributed by atoms with E-state index in [2.05, 4.69) is 0 Å². The number of ketones is 1. The molecule has 18 heavy (non-hydrogen) atoms. The third-order valence-corrected chi connectivity index (χ3v) is 2.83. The number of carbonyl (C=O) groups is 1. The van der Waals surface area contributed by atoms with Gasteiger partial charge in [-0.15, -0.1) is 0 Å². The molecule has 1 aromatic rings. The molecule has 0 atom stereocenters. The van der Waals surface area contributed by atoms with Crippen molar-refractivity contribution < 1.29 is 19.6 Å². The molecule has 2 rings (SSSR count). The molecule has 1 aliphatic carbocycles. The Morgan fingerprint density at radius 1 is 1.39 bits per heavy atom. The molecule has 6 heteroatoms. The van der Waals surface area contributed by atoms with Crippen LogP contribution in [0.15, 0.2) is 24.0 Å². The molecular weight excluding hydrogens is 238 g/mol. The Bertz CT molecular complexity index is 562. The van der Waals surface area contributed by atoms with Crippen LogP contribution in [-0.2, 0) is 4.79 Å². The van der Waals surface area contributed by atoms with Crippen LogP contribution in [0.4, 0.5) is 5.69 Å². The number of allylic oxidation sites excluding steroid dienone is 2. The number of carbonyl (C=O) groups excluding carboxylic acids is 1. The van der Waals surface area contributed by atoms with E-state index >= 15 is 0 Å². The van der Waals surface area contributed by atoms with Gasteiger partial charge >= 0.3 is 0 Å². The zero-order valence-corrected chi connectivity index (χ0v) is 9.67. The molecule has 0 aromatic heterocycles. The van der Waals surface area contributed by atoms with Crippen LogP contribution < -0.4 is 4.74 Å². The van der Waals surface area contributed by atoms with Crippen molar-refractivity contribution in [3.63, 3.8) is 0 Å². The lowest BCUT2D eigenvalue weighted by Crippen LogP contribution is -2.01. The largest absolute Gasteiger partial charge is 0.512 e. The topological polar surface area (TPSA) is 89.7 Å². The molecule has 6 nitrogen and oxygen atoms in total. The van der Waals surface area contributed by atoms with Crippen LogP contribution in [-0.4, -0.2) is 22.9 Å². The van der Waals surface area contributed by atoms with Crippen molar-refractivity contribution in [3.05, 3.63) is 39.6 Å². The predicted octanol–water partition coefficient (Wildman–Crippen LogP) is 2.24. The van der Waals surface area contributed by atoms with Gasteiger partial charge in [-0.25, -0.2) is 0 Å². The third kappa shape index (κ3) is 1.92. The number of nitrogens with zero attached hydrogens (tertiary/aromatic N) is 1. The Kier molecular flexibility index (Phi) is 3.01. The van der Waals surface area contributed by atoms with E-state index in [1.807, 2.05) is 0 Å². The summed E-state index contributed by atoms with van der Waals surface area (Å²) in [4.78, 5) is 22.0. The molecule has 0 fully saturated rings. The van der Waals surface area contributed by atoms with Gasteiger partial charge in [0.1, 0.15) is 11.5 Å². The van der Waals surface area contributed by atoms with Crippen molar-refractivity contribution in [1.29, 1.82) is 0 Å². The molecule has 0 unspecified atom stereocenters. The van der Waals surface area contributed by atoms with Gasteiger partial charge in [0.2, 0.25) is 0 Å². The maximum Gasteiger partial charge on any atom is 0.281 e. The Labute approximate surface area is 103 Å². The maximum absolute atomic E-state index is 11.6. The van der Waals surface area contributed by atoms with Crippen molar-refractivity contribution in [1.82, 2.24) is 0 Å². The second-order valence-electron chi connectivity index (χ2n) is 3.89. The smallest absolute Gasteiger partial charge is 0.281 e. The van der Waals surface area contributed by atoms with Crippen molar-refractivity contribution in [2.24, 2.45) is 0 Å². The number of hydrogen-bond donors (Lipinski definition) is 1. The van der Waals surface area contributed by atoms with E-state index in [-0.39, 0.29) is 41.2 Å². The number of hydrogen-bond acceptors (Lipinski definition) is 5. The van der Waals surface area contributed by atoms with Crippen molar-refractivity contribution in [3.8, 4) is 5.75 Å². The summed E-state index contributed by atoms with van der Waals surface area (Å²) in [6, 6.07) is 4.18. The minimum absolute atomic E-state index is 0.0457. The molecule has 0 bridgehead atoms. The minimum Gasteiger partial charge on any atom is -0.512 e. The summed E-state index contributed by atoms with van der Waals surface area (Å²) in [5.74, 6) is -0.0370. The average Bonchev–Trinajstić information content (AvgIpc) is 2.68. The van der Waals surface area contributed by atoms with Gasteiger partial charge in [-0.1, -0.05) is 0 Å². The monoisotopic (exact) mass is 249 g/mol. The molecule has 1 aliphatic rings. The minimum atomic E-state index is -0.594. The number of methoxy groups -OCH3 is 1. The lowest BCUT2D eigenvalue weighted by molar-refractivity contribution is -0.385. The van der Waals surface area contributed by atoms with E-state index in [1.54, 1.807) is 0 Å². The molecule has 0 amide bonds. The molecule has 0 saturated carbocycles. The molecule has 0 radical (unpaired) electrons. The van der Waals surface area contributed by atoms with Gasteiger partial charge < -0.3 is 9.84 Å². The summed E-state index contributed by atoms with van der Waals surface area (Å²) in [5, 5.41) is 20.6. The summed E-state index contributed by atoms with van der Waals surface area (Å²) >= 11 is 0. The molecule has 0 spiro atoms. The first-order chi connectivity index (χ1) is 8.54. The quantitative estimate of drug-likeness (QED) is 0.655. The van der Waals surface area contributed by atoms with Crippen LogP contribution in [0, 0.1) is 10.1 Å². The Morgan fingerprint density at radius 2 is 2.11 bits per heavy atom. The second kappa shape index (κ2) is 4.48. The fraction of sp³-hybridized carbons (Fsp3) is 0.250. The first-order valence-electron chi connectivity index (χ1n) is 5.32. The van der Waals surface area contributed by atoms with Crippen LogP contribution in [0.1, 0.15) is 18.4 Å². The zero-order chi connectivity index (χ0) is 13.3. The zero-order valence-electron chi connectivity index (χ0n) is 9.67. The van der Waals surface area contributed by atoms with Gasteiger partial charge in [0.05, 0.1) is 29.2 Å². The summed E-state index contributed by atoms with van der Waals surface area (Å²) in [6.45, 7) is 0.